The van der Waals surface area contributed by atoms with Crippen molar-refractivity contribution >= 4 is 0 Å². The Labute approximate surface area is 59.6 Å². The SMILES string of the molecule is COc1cn(C)nc1CN. The van der Waals surface area contributed by atoms with Crippen LogP contribution in [0.25, 0.3) is 0 Å². The monoisotopic (exact) mass is 141 g/mol. The number of hydrogen-bond donors (Lipinski definition) is 1. The molecule has 10 heavy (non-hydrogen) atoms. The molecule has 0 bridgehead atoms. The smallest absolute Gasteiger partial charge is 0.161 e. The molecule has 0 aliphatic heterocycles. The molecule has 4 heteroatoms. The van der Waals surface area contributed by atoms with Gasteiger partial charge in [-0.2, -0.15) is 5.10 Å². The third-order valence-electron chi connectivity index (χ3n) is 1.28. The van der Waals surface area contributed by atoms with Crippen molar-refractivity contribution in [2.75, 3.05) is 7.11 Å². The summed E-state index contributed by atoms with van der Waals surface area (Å²) in [5.74, 6) is 0.755. The maximum Gasteiger partial charge on any atom is 0.161 e. The number of hydrogen-bond acceptors (Lipinski definition) is 3. The van der Waals surface area contributed by atoms with Crippen molar-refractivity contribution in [1.82, 2.24) is 9.78 Å². The van der Waals surface area contributed by atoms with E-state index in [1.807, 2.05) is 7.05 Å². The van der Waals surface area contributed by atoms with Gasteiger partial charge in [0.1, 0.15) is 5.69 Å². The molecule has 1 aromatic rings. The lowest BCUT2D eigenvalue weighted by Gasteiger charge is -1.94. The highest BCUT2D eigenvalue weighted by atomic mass is 16.5. The standard InChI is InChI=1S/C6H11N3O/c1-9-4-6(10-2)5(3-7)8-9/h4H,3,7H2,1-2H3. The van der Waals surface area contributed by atoms with Crippen molar-refractivity contribution in [1.29, 1.82) is 0 Å². The average Bonchev–Trinajstić information content (AvgIpc) is 2.30. The van der Waals surface area contributed by atoms with Crippen molar-refractivity contribution in [2.45, 2.75) is 6.54 Å². The first kappa shape index (κ1) is 7.08. The lowest BCUT2D eigenvalue weighted by atomic mass is 10.4. The fourth-order valence-corrected chi connectivity index (χ4v) is 0.825. The van der Waals surface area contributed by atoms with Crippen molar-refractivity contribution in [3.63, 3.8) is 0 Å². The molecular weight excluding hydrogens is 130 g/mol. The van der Waals surface area contributed by atoms with Crippen LogP contribution in [0.2, 0.25) is 0 Å². The third-order valence-corrected chi connectivity index (χ3v) is 1.28. The van der Waals surface area contributed by atoms with Crippen molar-refractivity contribution in [2.24, 2.45) is 12.8 Å². The lowest BCUT2D eigenvalue weighted by Crippen LogP contribution is -1.99. The van der Waals surface area contributed by atoms with Crippen LogP contribution in [0.15, 0.2) is 6.20 Å². The first-order valence-corrected chi connectivity index (χ1v) is 3.04. The molecule has 0 aliphatic rings. The topological polar surface area (TPSA) is 53.1 Å². The molecule has 0 radical (unpaired) electrons. The van der Waals surface area contributed by atoms with Crippen LogP contribution in [0.5, 0.6) is 5.75 Å². The van der Waals surface area contributed by atoms with Gasteiger partial charge >= 0.3 is 0 Å². The lowest BCUT2D eigenvalue weighted by molar-refractivity contribution is 0.409. The molecule has 0 aromatic carbocycles. The summed E-state index contributed by atoms with van der Waals surface area (Å²) in [7, 11) is 3.44. The molecule has 0 atom stereocenters. The molecule has 1 aromatic heterocycles. The molecule has 0 amide bonds. The first-order valence-electron chi connectivity index (χ1n) is 3.04. The van der Waals surface area contributed by atoms with Gasteiger partial charge in [0, 0.05) is 13.6 Å². The second-order valence-corrected chi connectivity index (χ2v) is 2.02. The van der Waals surface area contributed by atoms with Crippen LogP contribution in [0, 0.1) is 0 Å². The molecule has 2 N–H and O–H groups in total. The van der Waals surface area contributed by atoms with Crippen molar-refractivity contribution in [3.05, 3.63) is 11.9 Å². The Kier molecular flexibility index (Phi) is 1.91. The Bertz CT molecular complexity index is 197. The molecule has 0 saturated carbocycles. The van der Waals surface area contributed by atoms with E-state index in [2.05, 4.69) is 5.10 Å². The van der Waals surface area contributed by atoms with Crippen LogP contribution in [0.3, 0.4) is 0 Å². The molecule has 0 unspecified atom stereocenters. The molecule has 0 spiro atoms. The van der Waals surface area contributed by atoms with Gasteiger partial charge in [-0.3, -0.25) is 4.68 Å². The van der Waals surface area contributed by atoms with E-state index in [4.69, 9.17) is 10.5 Å². The summed E-state index contributed by atoms with van der Waals surface area (Å²) < 4.78 is 6.68. The number of rotatable bonds is 2. The maximum atomic E-state index is 5.38. The average molecular weight is 141 g/mol. The summed E-state index contributed by atoms with van der Waals surface area (Å²) in [5.41, 5.74) is 6.18. The highest BCUT2D eigenvalue weighted by Gasteiger charge is 2.03. The number of ether oxygens (including phenoxy) is 1. The van der Waals surface area contributed by atoms with Crippen LogP contribution >= 0.6 is 0 Å². The largest absolute Gasteiger partial charge is 0.493 e. The normalized spacial score (nSPS) is 9.90. The highest BCUT2D eigenvalue weighted by Crippen LogP contribution is 2.13. The van der Waals surface area contributed by atoms with Crippen LogP contribution < -0.4 is 10.5 Å². The zero-order chi connectivity index (χ0) is 7.56. The Morgan fingerprint density at radius 3 is 2.90 bits per heavy atom. The van der Waals surface area contributed by atoms with E-state index in [0.29, 0.717) is 6.54 Å². The first-order chi connectivity index (χ1) is 4.77. The molecule has 0 aliphatic carbocycles. The number of methoxy groups -OCH3 is 1. The predicted octanol–water partition coefficient (Wildman–Crippen LogP) is -0.113. The van der Waals surface area contributed by atoms with E-state index >= 15 is 0 Å². The van der Waals surface area contributed by atoms with Gasteiger partial charge in [-0.1, -0.05) is 0 Å². The maximum absolute atomic E-state index is 5.38. The van der Waals surface area contributed by atoms with Crippen molar-refractivity contribution < 1.29 is 4.74 Å². The van der Waals surface area contributed by atoms with Crippen molar-refractivity contribution in [3.8, 4) is 5.75 Å². The molecule has 56 valence electrons. The van der Waals surface area contributed by atoms with E-state index in [1.165, 1.54) is 0 Å². The summed E-state index contributed by atoms with van der Waals surface area (Å²) in [4.78, 5) is 0. The minimum absolute atomic E-state index is 0.421. The molecule has 1 heterocycles. The third kappa shape index (κ3) is 1.11. The summed E-state index contributed by atoms with van der Waals surface area (Å²) in [6, 6.07) is 0. The van der Waals surface area contributed by atoms with Crippen LogP contribution in [-0.2, 0) is 13.6 Å². The van der Waals surface area contributed by atoms with Gasteiger partial charge in [-0.05, 0) is 0 Å². The van der Waals surface area contributed by atoms with Gasteiger partial charge in [0.15, 0.2) is 5.75 Å². The number of nitrogens with two attached hydrogens (primary N) is 1. The van der Waals surface area contributed by atoms with E-state index < -0.39 is 0 Å². The van der Waals surface area contributed by atoms with Gasteiger partial charge in [0.05, 0.1) is 13.3 Å². The molecule has 0 fully saturated rings. The van der Waals surface area contributed by atoms with Gasteiger partial charge in [0.2, 0.25) is 0 Å². The van der Waals surface area contributed by atoms with E-state index in [1.54, 1.807) is 18.0 Å². The zero-order valence-electron chi connectivity index (χ0n) is 6.16. The van der Waals surface area contributed by atoms with E-state index in [9.17, 15) is 0 Å². The fraction of sp³-hybridized carbons (Fsp3) is 0.500. The predicted molar refractivity (Wildman–Crippen MR) is 37.7 cm³/mol. The fourth-order valence-electron chi connectivity index (χ4n) is 0.825. The Balaban J connectivity index is 2.96. The summed E-state index contributed by atoms with van der Waals surface area (Å²) in [5, 5.41) is 4.07. The van der Waals surface area contributed by atoms with Crippen LogP contribution in [0.1, 0.15) is 5.69 Å². The Hall–Kier alpha value is -1.03. The highest BCUT2D eigenvalue weighted by molar-refractivity contribution is 5.23. The quantitative estimate of drug-likeness (QED) is 0.625. The molecule has 4 nitrogen and oxygen atoms in total. The number of aromatic nitrogens is 2. The Morgan fingerprint density at radius 1 is 1.80 bits per heavy atom. The van der Waals surface area contributed by atoms with Gasteiger partial charge in [0.25, 0.3) is 0 Å². The number of aryl methyl sites for hydroxylation is 1. The summed E-state index contributed by atoms with van der Waals surface area (Å²) in [6.45, 7) is 0.421. The molecular formula is C6H11N3O. The van der Waals surface area contributed by atoms with Gasteiger partial charge < -0.3 is 10.5 Å². The van der Waals surface area contributed by atoms with E-state index in [-0.39, 0.29) is 0 Å². The Morgan fingerprint density at radius 2 is 2.50 bits per heavy atom. The van der Waals surface area contributed by atoms with E-state index in [0.717, 1.165) is 11.4 Å². The molecule has 0 saturated heterocycles. The minimum atomic E-state index is 0.421. The second kappa shape index (κ2) is 2.70. The van der Waals surface area contributed by atoms with Gasteiger partial charge in [-0.25, -0.2) is 0 Å². The minimum Gasteiger partial charge on any atom is -0.493 e. The summed E-state index contributed by atoms with van der Waals surface area (Å²) in [6.07, 6.45) is 1.79. The second-order valence-electron chi connectivity index (χ2n) is 2.02. The van der Waals surface area contributed by atoms with Crippen LogP contribution in [0.4, 0.5) is 0 Å². The van der Waals surface area contributed by atoms with Gasteiger partial charge in [-0.15, -0.1) is 0 Å². The zero-order valence-corrected chi connectivity index (χ0v) is 6.16. The van der Waals surface area contributed by atoms with Crippen LogP contribution in [-0.4, -0.2) is 16.9 Å². The number of nitrogens with zero attached hydrogens (tertiary/aromatic N) is 2. The summed E-state index contributed by atoms with van der Waals surface area (Å²) >= 11 is 0. The molecule has 1 rings (SSSR count).